The lowest BCUT2D eigenvalue weighted by molar-refractivity contribution is -0.383. The van der Waals surface area contributed by atoms with Gasteiger partial charge in [0.25, 0.3) is 5.69 Å². The molecular weight excluding hydrogens is 796 g/mol. The number of aliphatic hydroxyl groups is 2. The molecule has 3 aromatic carbocycles. The third kappa shape index (κ3) is 12.4. The first-order chi connectivity index (χ1) is 29.3. The average molecular weight is 847 g/mol. The number of para-hydroxylation sites is 1. The molecule has 326 valence electrons. The van der Waals surface area contributed by atoms with Gasteiger partial charge in [-0.15, -0.1) is 0 Å². The van der Waals surface area contributed by atoms with Gasteiger partial charge in [0.1, 0.15) is 48.4 Å². The largest absolute Gasteiger partial charge is 0.394 e. The van der Waals surface area contributed by atoms with Crippen LogP contribution in [-0.4, -0.2) is 119 Å². The van der Waals surface area contributed by atoms with Crippen LogP contribution in [0.4, 0.5) is 11.4 Å². The molecule has 5 amide bonds. The molecule has 7 atom stereocenters. The van der Waals surface area contributed by atoms with Crippen molar-refractivity contribution in [2.45, 2.75) is 82.4 Å². The molecule has 0 unspecified atom stereocenters. The highest BCUT2D eigenvalue weighted by atomic mass is 16.7. The molecule has 0 spiro atoms. The number of nitrogens with one attached hydrogen (secondary N) is 5. The summed E-state index contributed by atoms with van der Waals surface area (Å²) >= 11 is 0. The van der Waals surface area contributed by atoms with Crippen molar-refractivity contribution in [1.82, 2.24) is 26.3 Å². The van der Waals surface area contributed by atoms with E-state index in [1.807, 2.05) is 54.6 Å². The van der Waals surface area contributed by atoms with E-state index >= 15 is 0 Å². The van der Waals surface area contributed by atoms with Crippen LogP contribution in [0.25, 0.3) is 21.8 Å². The minimum Gasteiger partial charge on any atom is -0.394 e. The van der Waals surface area contributed by atoms with Gasteiger partial charge in [0.15, 0.2) is 6.29 Å². The number of ether oxygens (including phenoxy) is 3. The van der Waals surface area contributed by atoms with Crippen molar-refractivity contribution in [1.29, 1.82) is 0 Å². The van der Waals surface area contributed by atoms with Crippen LogP contribution in [0.15, 0.2) is 72.8 Å². The minimum absolute atomic E-state index is 0.0608. The fourth-order valence-electron chi connectivity index (χ4n) is 6.81. The van der Waals surface area contributed by atoms with Crippen LogP contribution in [0.2, 0.25) is 0 Å². The summed E-state index contributed by atoms with van der Waals surface area (Å²) in [5.74, 6) is -3.40. The number of hydrogen-bond acceptors (Lipinski definition) is 14. The predicted molar refractivity (Wildman–Crippen MR) is 220 cm³/mol. The number of primary amides is 1. The van der Waals surface area contributed by atoms with Crippen molar-refractivity contribution in [3.8, 4) is 0 Å². The van der Waals surface area contributed by atoms with Crippen LogP contribution in [0.3, 0.4) is 0 Å². The Balaban J connectivity index is 1.08. The molecule has 1 aliphatic heterocycles. The lowest BCUT2D eigenvalue weighted by Gasteiger charge is -2.44. The second kappa shape index (κ2) is 21.8. The van der Waals surface area contributed by atoms with Gasteiger partial charge < -0.3 is 56.7 Å². The first-order valence-corrected chi connectivity index (χ1v) is 19.6. The molecule has 4 aromatic rings. The highest BCUT2D eigenvalue weighted by Gasteiger charge is 2.47. The van der Waals surface area contributed by atoms with Crippen LogP contribution in [0.5, 0.6) is 0 Å². The molecule has 1 aliphatic rings. The summed E-state index contributed by atoms with van der Waals surface area (Å²) in [6, 6.07) is 17.5. The average Bonchev–Trinajstić information content (AvgIpc) is 3.23. The van der Waals surface area contributed by atoms with Crippen molar-refractivity contribution in [2.24, 2.45) is 5.73 Å². The van der Waals surface area contributed by atoms with Gasteiger partial charge in [0.2, 0.25) is 29.5 Å². The molecule has 9 N–H and O–H groups in total. The summed E-state index contributed by atoms with van der Waals surface area (Å²) in [7, 11) is 0. The number of aliphatic hydroxyl groups excluding tert-OH is 2. The fourth-order valence-corrected chi connectivity index (χ4v) is 6.81. The van der Waals surface area contributed by atoms with Gasteiger partial charge in [-0.2, -0.15) is 0 Å². The van der Waals surface area contributed by atoms with Crippen LogP contribution < -0.4 is 32.3 Å². The number of nitrogens with two attached hydrogens (primary N) is 1. The maximum Gasteiger partial charge on any atom is 0.280 e. The van der Waals surface area contributed by atoms with Gasteiger partial charge in [-0.1, -0.05) is 54.6 Å². The number of aromatic nitrogens is 1. The Kier molecular flexibility index (Phi) is 16.3. The first kappa shape index (κ1) is 45.8. The Hall–Kier alpha value is -6.32. The number of amides is 5. The van der Waals surface area contributed by atoms with Crippen molar-refractivity contribution < 1.29 is 53.3 Å². The molecule has 0 bridgehead atoms. The summed E-state index contributed by atoms with van der Waals surface area (Å²) in [4.78, 5) is 78.9. The zero-order valence-corrected chi connectivity index (χ0v) is 33.6. The number of nitro groups is 1. The zero-order chi connectivity index (χ0) is 44.1. The van der Waals surface area contributed by atoms with E-state index in [1.165, 1.54) is 19.9 Å². The van der Waals surface area contributed by atoms with Crippen LogP contribution in [0.1, 0.15) is 38.7 Å². The van der Waals surface area contributed by atoms with Crippen LogP contribution in [-0.2, 0) is 44.8 Å². The Morgan fingerprint density at radius 2 is 1.67 bits per heavy atom. The predicted octanol–water partition coefficient (Wildman–Crippen LogP) is 0.654. The quantitative estimate of drug-likeness (QED) is 0.0247. The van der Waals surface area contributed by atoms with E-state index in [2.05, 4.69) is 31.6 Å². The van der Waals surface area contributed by atoms with E-state index in [1.54, 1.807) is 12.1 Å². The van der Waals surface area contributed by atoms with Crippen LogP contribution in [0, 0.1) is 10.1 Å². The molecule has 0 saturated carbocycles. The molecule has 5 rings (SSSR count). The number of benzene rings is 3. The minimum atomic E-state index is -1.49. The number of anilines is 1. The van der Waals surface area contributed by atoms with Crippen molar-refractivity contribution in [3.63, 3.8) is 0 Å². The van der Waals surface area contributed by atoms with Gasteiger partial charge in [0, 0.05) is 37.9 Å². The van der Waals surface area contributed by atoms with Crippen molar-refractivity contribution in [2.75, 3.05) is 31.6 Å². The van der Waals surface area contributed by atoms with Gasteiger partial charge in [-0.3, -0.25) is 34.1 Å². The van der Waals surface area contributed by atoms with Gasteiger partial charge in [0.05, 0.1) is 34.9 Å². The van der Waals surface area contributed by atoms with E-state index in [0.29, 0.717) is 40.5 Å². The number of pyridine rings is 1. The van der Waals surface area contributed by atoms with E-state index in [0.717, 1.165) is 5.56 Å². The number of fused-ring (bicyclic) bond motifs is 2. The Bertz CT molecular complexity index is 2190. The third-order valence-electron chi connectivity index (χ3n) is 9.84. The second-order valence-corrected chi connectivity index (χ2v) is 14.4. The third-order valence-corrected chi connectivity index (χ3v) is 9.84. The lowest BCUT2D eigenvalue weighted by Crippen LogP contribution is -2.65. The van der Waals surface area contributed by atoms with Crippen molar-refractivity contribution in [3.05, 3.63) is 88.5 Å². The highest BCUT2D eigenvalue weighted by molar-refractivity contribution is 6.11. The normalized spacial score (nSPS) is 19.6. The lowest BCUT2D eigenvalue weighted by atomic mass is 9.96. The smallest absolute Gasteiger partial charge is 0.280 e. The number of nitrogens with zero attached hydrogens (tertiary/aromatic N) is 2. The molecular formula is C41H50N8O12. The summed E-state index contributed by atoms with van der Waals surface area (Å²) in [5, 5.41) is 47.2. The highest BCUT2D eigenvalue weighted by Crippen LogP contribution is 2.36. The van der Waals surface area contributed by atoms with Gasteiger partial charge >= 0.3 is 0 Å². The summed E-state index contributed by atoms with van der Waals surface area (Å²) < 4.78 is 17.4. The molecule has 1 fully saturated rings. The van der Waals surface area contributed by atoms with Crippen molar-refractivity contribution >= 4 is 62.7 Å². The topological polar surface area (TPSA) is 296 Å². The first-order valence-electron chi connectivity index (χ1n) is 19.6. The second-order valence-electron chi connectivity index (χ2n) is 14.4. The number of carbonyl (C=O) groups excluding carboxylic acids is 5. The van der Waals surface area contributed by atoms with E-state index in [4.69, 9.17) is 19.9 Å². The van der Waals surface area contributed by atoms with E-state index in [-0.39, 0.29) is 31.7 Å². The fraction of sp³-hybridized carbons (Fsp3) is 0.415. The van der Waals surface area contributed by atoms with E-state index < -0.39 is 90.4 Å². The van der Waals surface area contributed by atoms with Crippen LogP contribution >= 0.6 is 0 Å². The number of carbonyl (C=O) groups is 5. The molecule has 1 saturated heterocycles. The molecule has 0 aliphatic carbocycles. The number of hydrogen-bond donors (Lipinski definition) is 8. The molecule has 1 aromatic heterocycles. The summed E-state index contributed by atoms with van der Waals surface area (Å²) in [6.07, 6.45) is -5.00. The number of non-ortho nitro benzene ring substituents is 1. The Labute approximate surface area is 350 Å². The monoisotopic (exact) mass is 846 g/mol. The SMILES string of the molecule is CC(=O)N[C@H]1[C@@H](OCc2ccccc2)O[C@H](CO)[C@@H](O)[C@@H]1OCC(=O)N[C@@H](C)C(=O)N[C@H](CCC(=O)NCCCNc1c2ccccc2nc2cccc([N+](=O)[O-])c12)C(N)=O. The summed E-state index contributed by atoms with van der Waals surface area (Å²) in [6.45, 7) is 1.91. The summed E-state index contributed by atoms with van der Waals surface area (Å²) in [5.41, 5.74) is 7.90. The molecule has 20 heteroatoms. The molecule has 2 heterocycles. The molecule has 0 radical (unpaired) electrons. The number of rotatable bonds is 21. The van der Waals surface area contributed by atoms with Gasteiger partial charge in [-0.05, 0) is 37.5 Å². The van der Waals surface area contributed by atoms with Gasteiger partial charge in [-0.25, -0.2) is 4.98 Å². The Morgan fingerprint density at radius 1 is 0.951 bits per heavy atom. The maximum absolute atomic E-state index is 13.0. The molecule has 20 nitrogen and oxygen atoms in total. The standard InChI is InChI=1S/C41H50N8O12/c1-23(45-33(53)22-59-38-36(46-24(2)51)41(61-31(20-50)37(38)54)60-21-25-10-4-3-5-11-25)40(56)48-29(39(42)55)16-17-32(52)43-18-9-19-44-35-26-12-6-7-13-27(26)47-28-14-8-15-30(34(28)35)49(57)58/h3-8,10-15,23,29,31,36-38,41,50,54H,9,16-22H2,1-2H3,(H2,42,55)(H,43,52)(H,44,47)(H,45,53)(H,46,51)(H,48,56)/t23-,29+,31+,36+,37+,38+,41-/m0/s1. The zero-order valence-electron chi connectivity index (χ0n) is 33.6. The van der Waals surface area contributed by atoms with E-state index in [9.17, 15) is 44.3 Å². The Morgan fingerprint density at radius 3 is 2.38 bits per heavy atom. The maximum atomic E-state index is 13.0. The number of nitro benzene ring substituents is 1. The molecule has 61 heavy (non-hydrogen) atoms.